The number of thiol groups is 1. The summed E-state index contributed by atoms with van der Waals surface area (Å²) in [7, 11) is 0. The molecule has 2 aromatic rings. The molecule has 0 bridgehead atoms. The molecule has 6 heteroatoms. The first-order valence-corrected chi connectivity index (χ1v) is 5.40. The third-order valence-corrected chi connectivity index (χ3v) is 2.38. The Morgan fingerprint density at radius 1 is 1.11 bits per heavy atom. The molecule has 94 valence electrons. The zero-order valence-corrected chi connectivity index (χ0v) is 9.87. The van der Waals surface area contributed by atoms with E-state index < -0.39 is 11.7 Å². The number of hydrogen-bond donors (Lipinski definition) is 1. The van der Waals surface area contributed by atoms with Crippen molar-refractivity contribution in [3.8, 4) is 11.6 Å². The molecule has 0 saturated heterocycles. The molecule has 0 spiro atoms. The van der Waals surface area contributed by atoms with Crippen LogP contribution in [0.2, 0.25) is 0 Å². The molecule has 0 aliphatic carbocycles. The molecular formula is C12H8F3NOS. The third-order valence-electron chi connectivity index (χ3n) is 2.10. The second-order valence-corrected chi connectivity index (χ2v) is 4.00. The minimum atomic E-state index is -4.39. The Bertz CT molecular complexity index is 540. The molecule has 0 amide bonds. The fraction of sp³-hybridized carbons (Fsp3) is 0.0833. The zero-order chi connectivity index (χ0) is 13.2. The quantitative estimate of drug-likeness (QED) is 0.828. The fourth-order valence-electron chi connectivity index (χ4n) is 1.28. The molecule has 1 aromatic carbocycles. The Hall–Kier alpha value is -1.69. The van der Waals surface area contributed by atoms with E-state index in [0.717, 1.165) is 12.3 Å². The van der Waals surface area contributed by atoms with Crippen molar-refractivity contribution in [2.45, 2.75) is 11.1 Å². The van der Waals surface area contributed by atoms with Crippen molar-refractivity contribution in [2.75, 3.05) is 0 Å². The molecule has 0 atom stereocenters. The molecule has 0 saturated carbocycles. The average molecular weight is 271 g/mol. The normalized spacial score (nSPS) is 11.3. The number of halogens is 3. The van der Waals surface area contributed by atoms with Gasteiger partial charge in [0.15, 0.2) is 0 Å². The predicted octanol–water partition coefficient (Wildman–Crippen LogP) is 4.18. The number of alkyl halides is 3. The van der Waals surface area contributed by atoms with Crippen molar-refractivity contribution < 1.29 is 17.9 Å². The lowest BCUT2D eigenvalue weighted by molar-refractivity contribution is -0.137. The molecule has 0 radical (unpaired) electrons. The summed E-state index contributed by atoms with van der Waals surface area (Å²) in [6, 6.07) is 8.89. The number of aromatic nitrogens is 1. The second-order valence-electron chi connectivity index (χ2n) is 3.48. The van der Waals surface area contributed by atoms with E-state index in [4.69, 9.17) is 4.74 Å². The highest BCUT2D eigenvalue weighted by atomic mass is 32.1. The third kappa shape index (κ3) is 3.16. The van der Waals surface area contributed by atoms with Crippen molar-refractivity contribution in [3.05, 3.63) is 48.2 Å². The van der Waals surface area contributed by atoms with Gasteiger partial charge in [0.1, 0.15) is 5.75 Å². The highest BCUT2D eigenvalue weighted by Crippen LogP contribution is 2.30. The minimum Gasteiger partial charge on any atom is -0.439 e. The Kier molecular flexibility index (Phi) is 3.47. The summed E-state index contributed by atoms with van der Waals surface area (Å²) in [5, 5.41) is 0. The molecule has 2 nitrogen and oxygen atoms in total. The van der Waals surface area contributed by atoms with Crippen LogP contribution in [-0.2, 0) is 6.18 Å². The van der Waals surface area contributed by atoms with Crippen LogP contribution >= 0.6 is 12.6 Å². The number of rotatable bonds is 2. The first-order valence-electron chi connectivity index (χ1n) is 4.95. The van der Waals surface area contributed by atoms with Crippen LogP contribution in [0.15, 0.2) is 47.5 Å². The summed E-state index contributed by atoms with van der Waals surface area (Å²) in [4.78, 5) is 4.30. The number of benzene rings is 1. The number of hydrogen-bond acceptors (Lipinski definition) is 3. The Morgan fingerprint density at radius 2 is 1.89 bits per heavy atom. The maximum Gasteiger partial charge on any atom is 0.417 e. The molecule has 1 aromatic heterocycles. The summed E-state index contributed by atoms with van der Waals surface area (Å²) in [5.74, 6) is 0.566. The standard InChI is InChI=1S/C12H8F3NOS/c13-12(14,15)8-4-5-11(16-7-8)17-9-2-1-3-10(18)6-9/h1-7,18H. The lowest BCUT2D eigenvalue weighted by Gasteiger charge is -2.08. The molecule has 0 aliphatic heterocycles. The summed E-state index contributed by atoms with van der Waals surface area (Å²) >= 11 is 4.13. The highest BCUT2D eigenvalue weighted by molar-refractivity contribution is 7.80. The fourth-order valence-corrected chi connectivity index (χ4v) is 1.49. The van der Waals surface area contributed by atoms with Gasteiger partial charge in [0.25, 0.3) is 0 Å². The summed E-state index contributed by atoms with van der Waals surface area (Å²) in [6.45, 7) is 0. The number of ether oxygens (including phenoxy) is 1. The first-order chi connectivity index (χ1) is 8.45. The molecule has 0 aliphatic rings. The molecular weight excluding hydrogens is 263 g/mol. The van der Waals surface area contributed by atoms with Crippen LogP contribution in [0.4, 0.5) is 13.2 Å². The molecule has 0 N–H and O–H groups in total. The summed E-state index contributed by atoms with van der Waals surface area (Å²) < 4.78 is 42.2. The van der Waals surface area contributed by atoms with E-state index in [0.29, 0.717) is 10.6 Å². The highest BCUT2D eigenvalue weighted by Gasteiger charge is 2.30. The van der Waals surface area contributed by atoms with Gasteiger partial charge in [-0.25, -0.2) is 4.98 Å². The maximum atomic E-state index is 12.3. The Balaban J connectivity index is 2.16. The van der Waals surface area contributed by atoms with Gasteiger partial charge < -0.3 is 4.74 Å². The molecule has 18 heavy (non-hydrogen) atoms. The van der Waals surface area contributed by atoms with Gasteiger partial charge in [-0.15, -0.1) is 12.6 Å². The monoisotopic (exact) mass is 271 g/mol. The molecule has 0 fully saturated rings. The predicted molar refractivity (Wildman–Crippen MR) is 63.0 cm³/mol. The van der Waals surface area contributed by atoms with Crippen LogP contribution < -0.4 is 4.74 Å². The van der Waals surface area contributed by atoms with Crippen molar-refractivity contribution in [1.82, 2.24) is 4.98 Å². The number of pyridine rings is 1. The van der Waals surface area contributed by atoms with Crippen LogP contribution in [0.25, 0.3) is 0 Å². The van der Waals surface area contributed by atoms with E-state index >= 15 is 0 Å². The summed E-state index contributed by atoms with van der Waals surface area (Å²) in [5.41, 5.74) is -0.808. The largest absolute Gasteiger partial charge is 0.439 e. The van der Waals surface area contributed by atoms with Crippen molar-refractivity contribution in [2.24, 2.45) is 0 Å². The topological polar surface area (TPSA) is 22.1 Å². The average Bonchev–Trinajstić information content (AvgIpc) is 2.28. The van der Waals surface area contributed by atoms with E-state index in [1.165, 1.54) is 6.07 Å². The van der Waals surface area contributed by atoms with Gasteiger partial charge in [-0.2, -0.15) is 13.2 Å². The zero-order valence-electron chi connectivity index (χ0n) is 8.98. The van der Waals surface area contributed by atoms with Crippen molar-refractivity contribution in [1.29, 1.82) is 0 Å². The van der Waals surface area contributed by atoms with E-state index in [2.05, 4.69) is 17.6 Å². The van der Waals surface area contributed by atoms with Crippen LogP contribution in [0.3, 0.4) is 0 Å². The first kappa shape index (κ1) is 12.8. The molecule has 0 unspecified atom stereocenters. The van der Waals surface area contributed by atoms with Gasteiger partial charge in [0.2, 0.25) is 5.88 Å². The van der Waals surface area contributed by atoms with Crippen LogP contribution in [0.5, 0.6) is 11.6 Å². The maximum absolute atomic E-state index is 12.3. The Labute approximate surface area is 107 Å². The second kappa shape index (κ2) is 4.89. The van der Waals surface area contributed by atoms with Gasteiger partial charge in [0, 0.05) is 17.2 Å². The molecule has 2 rings (SSSR count). The SMILES string of the molecule is FC(F)(F)c1ccc(Oc2cccc(S)c2)nc1. The van der Waals surface area contributed by atoms with Crippen LogP contribution in [0, 0.1) is 0 Å². The van der Waals surface area contributed by atoms with Gasteiger partial charge in [-0.1, -0.05) is 6.07 Å². The molecule has 1 heterocycles. The lowest BCUT2D eigenvalue weighted by atomic mass is 10.3. The van der Waals surface area contributed by atoms with Crippen LogP contribution in [-0.4, -0.2) is 4.98 Å². The number of nitrogens with zero attached hydrogens (tertiary/aromatic N) is 1. The van der Waals surface area contributed by atoms with E-state index in [-0.39, 0.29) is 5.88 Å². The van der Waals surface area contributed by atoms with Crippen LogP contribution in [0.1, 0.15) is 5.56 Å². The smallest absolute Gasteiger partial charge is 0.417 e. The van der Waals surface area contributed by atoms with Crippen molar-refractivity contribution in [3.63, 3.8) is 0 Å². The van der Waals surface area contributed by atoms with Crippen molar-refractivity contribution >= 4 is 12.6 Å². The Morgan fingerprint density at radius 3 is 2.44 bits per heavy atom. The van der Waals surface area contributed by atoms with E-state index in [1.54, 1.807) is 24.3 Å². The van der Waals surface area contributed by atoms with Gasteiger partial charge in [0.05, 0.1) is 5.56 Å². The van der Waals surface area contributed by atoms with E-state index in [1.807, 2.05) is 0 Å². The van der Waals surface area contributed by atoms with Gasteiger partial charge in [-0.05, 0) is 24.3 Å². The minimum absolute atomic E-state index is 0.0990. The lowest BCUT2D eigenvalue weighted by Crippen LogP contribution is -2.05. The van der Waals surface area contributed by atoms with E-state index in [9.17, 15) is 13.2 Å². The van der Waals surface area contributed by atoms with Gasteiger partial charge in [-0.3, -0.25) is 0 Å². The van der Waals surface area contributed by atoms with Gasteiger partial charge >= 0.3 is 6.18 Å². The summed E-state index contributed by atoms with van der Waals surface area (Å²) in [6.07, 6.45) is -3.66.